The Labute approximate surface area is 175 Å². The lowest BCUT2D eigenvalue weighted by Crippen LogP contribution is -2.39. The number of amides is 1. The number of aromatic nitrogens is 4. The van der Waals surface area contributed by atoms with Gasteiger partial charge in [-0.15, -0.1) is 0 Å². The van der Waals surface area contributed by atoms with Crippen molar-refractivity contribution in [1.82, 2.24) is 35.3 Å². The average molecular weight is 409 g/mol. The van der Waals surface area contributed by atoms with E-state index in [1.807, 2.05) is 31.3 Å². The molecular weight excluding hydrogens is 382 g/mol. The molecule has 3 rings (SSSR count). The lowest BCUT2D eigenvalue weighted by Gasteiger charge is -2.13. The highest BCUT2D eigenvalue weighted by molar-refractivity contribution is 5.93. The molecule has 0 spiro atoms. The molecule has 2 heterocycles. The molecule has 3 N–H and O–H groups in total. The number of guanidine groups is 1. The first-order valence-corrected chi connectivity index (χ1v) is 9.61. The highest BCUT2D eigenvalue weighted by Crippen LogP contribution is 2.17. The molecule has 0 saturated carbocycles. The zero-order valence-electron chi connectivity index (χ0n) is 17.7. The summed E-state index contributed by atoms with van der Waals surface area (Å²) >= 11 is 0. The van der Waals surface area contributed by atoms with Gasteiger partial charge in [0.2, 0.25) is 0 Å². The fraction of sp³-hybridized carbons (Fsp3) is 0.350. The van der Waals surface area contributed by atoms with Gasteiger partial charge >= 0.3 is 0 Å². The van der Waals surface area contributed by atoms with Crippen molar-refractivity contribution in [3.05, 3.63) is 47.9 Å². The SMILES string of the molecule is CN=C(NCCNc1ncnc2c1cnn2C)NCc1ccc(C(=O)N(C)C)cc1. The molecular formula is C20H27N9O. The number of nitrogens with zero attached hydrogens (tertiary/aromatic N) is 6. The average Bonchev–Trinajstić information content (AvgIpc) is 3.14. The molecule has 0 aliphatic heterocycles. The third-order valence-corrected chi connectivity index (χ3v) is 4.53. The summed E-state index contributed by atoms with van der Waals surface area (Å²) in [4.78, 5) is 26.3. The van der Waals surface area contributed by atoms with Crippen molar-refractivity contribution in [2.24, 2.45) is 12.0 Å². The van der Waals surface area contributed by atoms with E-state index in [0.29, 0.717) is 31.2 Å². The number of carbonyl (C=O) groups is 1. The minimum Gasteiger partial charge on any atom is -0.368 e. The smallest absolute Gasteiger partial charge is 0.253 e. The van der Waals surface area contributed by atoms with E-state index in [9.17, 15) is 4.79 Å². The molecule has 0 radical (unpaired) electrons. The van der Waals surface area contributed by atoms with Gasteiger partial charge in [0.1, 0.15) is 12.1 Å². The van der Waals surface area contributed by atoms with Crippen molar-refractivity contribution < 1.29 is 4.79 Å². The van der Waals surface area contributed by atoms with Crippen LogP contribution < -0.4 is 16.0 Å². The molecule has 0 aliphatic carbocycles. The van der Waals surface area contributed by atoms with Crippen molar-refractivity contribution in [2.75, 3.05) is 39.5 Å². The molecule has 30 heavy (non-hydrogen) atoms. The monoisotopic (exact) mass is 409 g/mol. The van der Waals surface area contributed by atoms with Crippen molar-refractivity contribution in [2.45, 2.75) is 6.54 Å². The Hall–Kier alpha value is -3.69. The van der Waals surface area contributed by atoms with Crippen LogP contribution in [-0.4, -0.2) is 70.7 Å². The Morgan fingerprint density at radius 2 is 1.90 bits per heavy atom. The number of nitrogens with one attached hydrogen (secondary N) is 3. The van der Waals surface area contributed by atoms with E-state index in [-0.39, 0.29) is 5.91 Å². The summed E-state index contributed by atoms with van der Waals surface area (Å²) in [5, 5.41) is 14.9. The van der Waals surface area contributed by atoms with Gasteiger partial charge in [-0.3, -0.25) is 14.5 Å². The first-order chi connectivity index (χ1) is 14.5. The van der Waals surface area contributed by atoms with Gasteiger partial charge in [0.25, 0.3) is 5.91 Å². The van der Waals surface area contributed by atoms with Gasteiger partial charge in [-0.2, -0.15) is 5.10 Å². The van der Waals surface area contributed by atoms with Crippen molar-refractivity contribution in [3.63, 3.8) is 0 Å². The number of rotatable bonds is 7. The topological polar surface area (TPSA) is 112 Å². The molecule has 0 aliphatic rings. The molecule has 0 saturated heterocycles. The van der Waals surface area contributed by atoms with Crippen LogP contribution >= 0.6 is 0 Å². The maximum absolute atomic E-state index is 12.0. The Bertz CT molecular complexity index is 1020. The first-order valence-electron chi connectivity index (χ1n) is 9.61. The number of aliphatic imine (C=N–C) groups is 1. The lowest BCUT2D eigenvalue weighted by atomic mass is 10.1. The third kappa shape index (κ3) is 5.02. The Balaban J connectivity index is 1.45. The van der Waals surface area contributed by atoms with Crippen LogP contribution in [0.3, 0.4) is 0 Å². The lowest BCUT2D eigenvalue weighted by molar-refractivity contribution is 0.0827. The van der Waals surface area contributed by atoms with Crippen LogP contribution in [0.1, 0.15) is 15.9 Å². The molecule has 0 atom stereocenters. The molecule has 0 fully saturated rings. The maximum Gasteiger partial charge on any atom is 0.253 e. The normalized spacial score (nSPS) is 11.4. The molecule has 0 bridgehead atoms. The minimum absolute atomic E-state index is 0.00766. The molecule has 1 amide bonds. The second-order valence-electron chi connectivity index (χ2n) is 6.90. The van der Waals surface area contributed by atoms with Gasteiger partial charge in [-0.25, -0.2) is 9.97 Å². The fourth-order valence-corrected chi connectivity index (χ4v) is 2.89. The number of hydrogen-bond donors (Lipinski definition) is 3. The standard InChI is InChI=1S/C20H27N9O/c1-21-20(24-11-14-5-7-15(8-6-14)19(30)28(2)3)23-10-9-22-17-16-12-27-29(4)18(16)26-13-25-17/h5-8,12-13H,9-11H2,1-4H3,(H2,21,23,24)(H,22,25,26). The number of hydrogen-bond acceptors (Lipinski definition) is 6. The van der Waals surface area contributed by atoms with Crippen LogP contribution in [0.5, 0.6) is 0 Å². The van der Waals surface area contributed by atoms with Crippen LogP contribution in [-0.2, 0) is 13.6 Å². The summed E-state index contributed by atoms with van der Waals surface area (Å²) in [7, 11) is 7.06. The van der Waals surface area contributed by atoms with Crippen LogP contribution in [0.4, 0.5) is 5.82 Å². The summed E-state index contributed by atoms with van der Waals surface area (Å²) in [6.45, 7) is 1.91. The minimum atomic E-state index is -0.00766. The summed E-state index contributed by atoms with van der Waals surface area (Å²) in [5.74, 6) is 1.44. The molecule has 10 nitrogen and oxygen atoms in total. The highest BCUT2D eigenvalue weighted by Gasteiger charge is 2.08. The Morgan fingerprint density at radius 1 is 1.13 bits per heavy atom. The highest BCUT2D eigenvalue weighted by atomic mass is 16.2. The predicted molar refractivity (Wildman–Crippen MR) is 117 cm³/mol. The van der Waals surface area contributed by atoms with E-state index >= 15 is 0 Å². The van der Waals surface area contributed by atoms with Crippen LogP contribution in [0, 0.1) is 0 Å². The van der Waals surface area contributed by atoms with Gasteiger partial charge in [-0.1, -0.05) is 12.1 Å². The summed E-state index contributed by atoms with van der Waals surface area (Å²) in [5.41, 5.74) is 2.52. The fourth-order valence-electron chi connectivity index (χ4n) is 2.89. The van der Waals surface area contributed by atoms with E-state index in [2.05, 4.69) is 36.0 Å². The quantitative estimate of drug-likeness (QED) is 0.301. The van der Waals surface area contributed by atoms with E-state index in [1.165, 1.54) is 6.33 Å². The van der Waals surface area contributed by atoms with Crippen molar-refractivity contribution in [3.8, 4) is 0 Å². The largest absolute Gasteiger partial charge is 0.368 e. The van der Waals surface area contributed by atoms with Gasteiger partial charge < -0.3 is 20.9 Å². The molecule has 158 valence electrons. The zero-order valence-corrected chi connectivity index (χ0v) is 17.7. The summed E-state index contributed by atoms with van der Waals surface area (Å²) in [6.07, 6.45) is 3.28. The number of benzene rings is 1. The van der Waals surface area contributed by atoms with Crippen LogP contribution in [0.2, 0.25) is 0 Å². The molecule has 1 aromatic carbocycles. The van der Waals surface area contributed by atoms with Gasteiger partial charge in [-0.05, 0) is 17.7 Å². The van der Waals surface area contributed by atoms with E-state index < -0.39 is 0 Å². The van der Waals surface area contributed by atoms with Crippen LogP contribution in [0.15, 0.2) is 41.8 Å². The first kappa shape index (κ1) is 21.0. The molecule has 2 aromatic heterocycles. The second-order valence-corrected chi connectivity index (χ2v) is 6.90. The Kier molecular flexibility index (Phi) is 6.79. The zero-order chi connectivity index (χ0) is 21.5. The number of carbonyl (C=O) groups excluding carboxylic acids is 1. The number of anilines is 1. The second kappa shape index (κ2) is 9.68. The van der Waals surface area contributed by atoms with Gasteiger partial charge in [0.15, 0.2) is 11.6 Å². The number of fused-ring (bicyclic) bond motifs is 1. The Morgan fingerprint density at radius 3 is 2.60 bits per heavy atom. The van der Waals surface area contributed by atoms with Gasteiger partial charge in [0, 0.05) is 53.4 Å². The maximum atomic E-state index is 12.0. The van der Waals surface area contributed by atoms with Crippen LogP contribution in [0.25, 0.3) is 11.0 Å². The summed E-state index contributed by atoms with van der Waals surface area (Å²) < 4.78 is 1.72. The molecule has 10 heteroatoms. The predicted octanol–water partition coefficient (Wildman–Crippen LogP) is 0.842. The number of aryl methyl sites for hydroxylation is 1. The molecule has 3 aromatic rings. The summed E-state index contributed by atoms with van der Waals surface area (Å²) in [6, 6.07) is 7.54. The van der Waals surface area contributed by atoms with Crippen molar-refractivity contribution >= 4 is 28.7 Å². The molecule has 0 unspecified atom stereocenters. The van der Waals surface area contributed by atoms with E-state index in [4.69, 9.17) is 0 Å². The third-order valence-electron chi connectivity index (χ3n) is 4.53. The van der Waals surface area contributed by atoms with Crippen molar-refractivity contribution in [1.29, 1.82) is 0 Å². The van der Waals surface area contributed by atoms with Gasteiger partial charge in [0.05, 0.1) is 11.6 Å². The van der Waals surface area contributed by atoms with E-state index in [0.717, 1.165) is 22.4 Å². The van der Waals surface area contributed by atoms with E-state index in [1.54, 1.807) is 36.9 Å².